The number of hydrogen-bond donors (Lipinski definition) is 1. The average molecular weight is 263 g/mol. The summed E-state index contributed by atoms with van der Waals surface area (Å²) in [7, 11) is 0. The van der Waals surface area contributed by atoms with Crippen LogP contribution in [0.4, 0.5) is 0 Å². The van der Waals surface area contributed by atoms with Crippen molar-refractivity contribution in [1.29, 1.82) is 0 Å². The van der Waals surface area contributed by atoms with Gasteiger partial charge < -0.3 is 9.84 Å². The van der Waals surface area contributed by atoms with E-state index in [9.17, 15) is 4.79 Å². The minimum atomic E-state index is -0.892. The molecule has 1 fully saturated rings. The zero-order valence-corrected chi connectivity index (χ0v) is 11.1. The molecule has 1 aromatic carbocycles. The van der Waals surface area contributed by atoms with Gasteiger partial charge in [0.1, 0.15) is 6.61 Å². The standard InChI is InChI=1S/C15H21NO3/c17-15(18)12-19-11-14-7-4-8-16(10-14)9-13-5-2-1-3-6-13/h1-3,5-6,14H,4,7-12H2,(H,17,18)/t14-/m1/s1. The molecule has 0 amide bonds. The van der Waals surface area contributed by atoms with Gasteiger partial charge in [-0.05, 0) is 30.9 Å². The Morgan fingerprint density at radius 2 is 2.16 bits per heavy atom. The van der Waals surface area contributed by atoms with Crippen LogP contribution < -0.4 is 0 Å². The van der Waals surface area contributed by atoms with Crippen LogP contribution in [0.15, 0.2) is 30.3 Å². The summed E-state index contributed by atoms with van der Waals surface area (Å²) in [6.07, 6.45) is 2.29. The maximum atomic E-state index is 10.4. The van der Waals surface area contributed by atoms with Crippen LogP contribution in [-0.2, 0) is 16.1 Å². The van der Waals surface area contributed by atoms with E-state index >= 15 is 0 Å². The highest BCUT2D eigenvalue weighted by atomic mass is 16.5. The van der Waals surface area contributed by atoms with Gasteiger partial charge in [-0.25, -0.2) is 4.79 Å². The molecule has 0 bridgehead atoms. The van der Waals surface area contributed by atoms with Crippen molar-refractivity contribution in [3.05, 3.63) is 35.9 Å². The van der Waals surface area contributed by atoms with Crippen LogP contribution in [0.2, 0.25) is 0 Å². The zero-order chi connectivity index (χ0) is 13.5. The lowest BCUT2D eigenvalue weighted by Gasteiger charge is -2.32. The zero-order valence-electron chi connectivity index (χ0n) is 11.1. The Hall–Kier alpha value is -1.39. The quantitative estimate of drug-likeness (QED) is 0.853. The molecular formula is C15H21NO3. The molecule has 0 saturated carbocycles. The summed E-state index contributed by atoms with van der Waals surface area (Å²) >= 11 is 0. The van der Waals surface area contributed by atoms with E-state index < -0.39 is 5.97 Å². The first-order valence-corrected chi connectivity index (χ1v) is 6.80. The summed E-state index contributed by atoms with van der Waals surface area (Å²) in [4.78, 5) is 12.8. The fraction of sp³-hybridized carbons (Fsp3) is 0.533. The SMILES string of the molecule is O=C(O)COC[C@@H]1CCCN(Cc2ccccc2)C1. The molecule has 1 aromatic rings. The van der Waals surface area contributed by atoms with Gasteiger partial charge in [0.05, 0.1) is 6.61 Å². The Morgan fingerprint density at radius 1 is 1.37 bits per heavy atom. The van der Waals surface area contributed by atoms with Crippen molar-refractivity contribution < 1.29 is 14.6 Å². The molecule has 1 aliphatic heterocycles. The number of rotatable bonds is 6. The second-order valence-corrected chi connectivity index (χ2v) is 5.14. The second-order valence-electron chi connectivity index (χ2n) is 5.14. The summed E-state index contributed by atoms with van der Waals surface area (Å²) in [6, 6.07) is 10.4. The lowest BCUT2D eigenvalue weighted by molar-refractivity contribution is -0.142. The Labute approximate surface area is 114 Å². The summed E-state index contributed by atoms with van der Waals surface area (Å²) in [5.74, 6) is -0.436. The Balaban J connectivity index is 1.75. The van der Waals surface area contributed by atoms with Crippen LogP contribution in [0.5, 0.6) is 0 Å². The number of carbonyl (C=O) groups is 1. The van der Waals surface area contributed by atoms with E-state index in [1.54, 1.807) is 0 Å². The molecule has 4 nitrogen and oxygen atoms in total. The van der Waals surface area contributed by atoms with Crippen molar-refractivity contribution in [2.75, 3.05) is 26.3 Å². The topological polar surface area (TPSA) is 49.8 Å². The van der Waals surface area contributed by atoms with Crippen LogP contribution >= 0.6 is 0 Å². The molecular weight excluding hydrogens is 242 g/mol. The number of carboxylic acid groups (broad SMARTS) is 1. The van der Waals surface area contributed by atoms with Crippen molar-refractivity contribution >= 4 is 5.97 Å². The molecule has 0 aliphatic carbocycles. The summed E-state index contributed by atoms with van der Waals surface area (Å²) in [5.41, 5.74) is 1.33. The fourth-order valence-electron chi connectivity index (χ4n) is 2.59. The van der Waals surface area contributed by atoms with Crippen molar-refractivity contribution in [2.45, 2.75) is 19.4 Å². The second kappa shape index (κ2) is 7.26. The molecule has 19 heavy (non-hydrogen) atoms. The minimum absolute atomic E-state index is 0.185. The monoisotopic (exact) mass is 263 g/mol. The fourth-order valence-corrected chi connectivity index (χ4v) is 2.59. The third kappa shape index (κ3) is 5.01. The van der Waals surface area contributed by atoms with Gasteiger partial charge in [-0.15, -0.1) is 0 Å². The van der Waals surface area contributed by atoms with Crippen LogP contribution in [0.3, 0.4) is 0 Å². The predicted octanol–water partition coefficient (Wildman–Crippen LogP) is 2.00. The minimum Gasteiger partial charge on any atom is -0.480 e. The van der Waals surface area contributed by atoms with Gasteiger partial charge in [-0.1, -0.05) is 30.3 Å². The Kier molecular flexibility index (Phi) is 5.36. The molecule has 0 unspecified atom stereocenters. The molecule has 0 spiro atoms. The molecule has 1 N–H and O–H groups in total. The van der Waals surface area contributed by atoms with E-state index in [-0.39, 0.29) is 6.61 Å². The van der Waals surface area contributed by atoms with Gasteiger partial charge in [-0.3, -0.25) is 4.90 Å². The Bertz CT molecular complexity index is 394. The van der Waals surface area contributed by atoms with Gasteiger partial charge in [0, 0.05) is 13.1 Å². The molecule has 1 aliphatic rings. The Morgan fingerprint density at radius 3 is 2.89 bits per heavy atom. The number of benzene rings is 1. The lowest BCUT2D eigenvalue weighted by atomic mass is 9.98. The number of nitrogens with zero attached hydrogens (tertiary/aromatic N) is 1. The molecule has 1 saturated heterocycles. The number of ether oxygens (including phenoxy) is 1. The van der Waals surface area contributed by atoms with Gasteiger partial charge in [-0.2, -0.15) is 0 Å². The molecule has 1 heterocycles. The van der Waals surface area contributed by atoms with E-state index in [0.717, 1.165) is 32.5 Å². The first-order valence-electron chi connectivity index (χ1n) is 6.80. The number of carboxylic acids is 1. The highest BCUT2D eigenvalue weighted by Crippen LogP contribution is 2.18. The smallest absolute Gasteiger partial charge is 0.329 e. The highest BCUT2D eigenvalue weighted by molar-refractivity contribution is 5.67. The number of aliphatic carboxylic acids is 1. The third-order valence-corrected chi connectivity index (χ3v) is 3.43. The number of hydrogen-bond acceptors (Lipinski definition) is 3. The normalized spacial score (nSPS) is 20.3. The van der Waals surface area contributed by atoms with Crippen LogP contribution in [0, 0.1) is 5.92 Å². The van der Waals surface area contributed by atoms with E-state index in [4.69, 9.17) is 9.84 Å². The molecule has 104 valence electrons. The van der Waals surface area contributed by atoms with Crippen LogP contribution in [0.25, 0.3) is 0 Å². The van der Waals surface area contributed by atoms with Gasteiger partial charge in [0.2, 0.25) is 0 Å². The largest absolute Gasteiger partial charge is 0.480 e. The highest BCUT2D eigenvalue weighted by Gasteiger charge is 2.20. The van der Waals surface area contributed by atoms with Crippen LogP contribution in [0.1, 0.15) is 18.4 Å². The van der Waals surface area contributed by atoms with Crippen molar-refractivity contribution in [3.63, 3.8) is 0 Å². The van der Waals surface area contributed by atoms with Crippen molar-refractivity contribution in [2.24, 2.45) is 5.92 Å². The van der Waals surface area contributed by atoms with Gasteiger partial charge >= 0.3 is 5.97 Å². The third-order valence-electron chi connectivity index (χ3n) is 3.43. The van der Waals surface area contributed by atoms with Gasteiger partial charge in [0.25, 0.3) is 0 Å². The maximum Gasteiger partial charge on any atom is 0.329 e. The summed E-state index contributed by atoms with van der Waals surface area (Å²) < 4.78 is 5.21. The lowest BCUT2D eigenvalue weighted by Crippen LogP contribution is -2.37. The molecule has 4 heteroatoms. The number of piperidine rings is 1. The van der Waals surface area contributed by atoms with Gasteiger partial charge in [0.15, 0.2) is 0 Å². The van der Waals surface area contributed by atoms with Crippen molar-refractivity contribution in [3.8, 4) is 0 Å². The predicted molar refractivity (Wildman–Crippen MR) is 72.9 cm³/mol. The van der Waals surface area contributed by atoms with E-state index in [1.165, 1.54) is 5.56 Å². The maximum absolute atomic E-state index is 10.4. The molecule has 0 radical (unpaired) electrons. The van der Waals surface area contributed by atoms with Crippen molar-refractivity contribution in [1.82, 2.24) is 4.90 Å². The molecule has 2 rings (SSSR count). The van der Waals surface area contributed by atoms with E-state index in [0.29, 0.717) is 12.5 Å². The first-order chi connectivity index (χ1) is 9.24. The summed E-state index contributed by atoms with van der Waals surface area (Å²) in [6.45, 7) is 3.45. The number of likely N-dealkylation sites (tertiary alicyclic amines) is 1. The van der Waals surface area contributed by atoms with E-state index in [1.807, 2.05) is 6.07 Å². The first kappa shape index (κ1) is 14.0. The molecule has 1 atom stereocenters. The van der Waals surface area contributed by atoms with Crippen LogP contribution in [-0.4, -0.2) is 42.3 Å². The van der Waals surface area contributed by atoms with E-state index in [2.05, 4.69) is 29.2 Å². The summed E-state index contributed by atoms with van der Waals surface area (Å²) in [5, 5.41) is 8.55. The average Bonchev–Trinajstić information content (AvgIpc) is 2.40. The molecule has 0 aromatic heterocycles.